The van der Waals surface area contributed by atoms with Gasteiger partial charge in [0.1, 0.15) is 5.60 Å². The van der Waals surface area contributed by atoms with E-state index in [2.05, 4.69) is 72.2 Å². The lowest BCUT2D eigenvalue weighted by Gasteiger charge is -2.52. The Hall–Kier alpha value is -2.79. The number of nitrogens with zero attached hydrogens (tertiary/aromatic N) is 3. The van der Waals surface area contributed by atoms with E-state index < -0.39 is 5.60 Å². The molecule has 1 atom stereocenters. The van der Waals surface area contributed by atoms with Crippen LogP contribution >= 0.6 is 0 Å². The predicted molar refractivity (Wildman–Crippen MR) is 139 cm³/mol. The fraction of sp³-hybridized carbons (Fsp3) is 0.483. The fourth-order valence-corrected chi connectivity index (χ4v) is 5.72. The quantitative estimate of drug-likeness (QED) is 0.524. The minimum atomic E-state index is -0.451. The van der Waals surface area contributed by atoms with Gasteiger partial charge in [0.05, 0.1) is 0 Å². The monoisotopic (exact) mass is 459 g/mol. The summed E-state index contributed by atoms with van der Waals surface area (Å²) in [4.78, 5) is 19.5. The van der Waals surface area contributed by atoms with Crippen LogP contribution in [0.4, 0.5) is 10.5 Å². The van der Waals surface area contributed by atoms with Crippen LogP contribution in [0.5, 0.6) is 0 Å². The molecule has 2 fully saturated rings. The second kappa shape index (κ2) is 8.77. The van der Waals surface area contributed by atoms with E-state index in [-0.39, 0.29) is 6.09 Å². The van der Waals surface area contributed by atoms with Crippen LogP contribution in [0.1, 0.15) is 51.3 Å². The zero-order chi connectivity index (χ0) is 24.0. The predicted octanol–water partition coefficient (Wildman–Crippen LogP) is 5.42. The number of hydrogen-bond donors (Lipinski definition) is 0. The number of carbonyl (C=O) groups excluding carboxylic acids is 1. The van der Waals surface area contributed by atoms with Gasteiger partial charge in [0.15, 0.2) is 0 Å². The van der Waals surface area contributed by atoms with Gasteiger partial charge in [-0.2, -0.15) is 0 Å². The molecule has 0 bridgehead atoms. The van der Waals surface area contributed by atoms with Crippen molar-refractivity contribution in [2.45, 2.75) is 58.7 Å². The van der Waals surface area contributed by atoms with Crippen molar-refractivity contribution in [2.24, 2.45) is 0 Å². The van der Waals surface area contributed by atoms with Crippen molar-refractivity contribution in [3.8, 4) is 11.1 Å². The van der Waals surface area contributed by atoms with Crippen LogP contribution in [0.15, 0.2) is 42.5 Å². The van der Waals surface area contributed by atoms with Gasteiger partial charge in [0.2, 0.25) is 0 Å². The lowest BCUT2D eigenvalue weighted by Crippen LogP contribution is -2.66. The number of benzene rings is 2. The molecule has 0 saturated carbocycles. The molecule has 2 saturated heterocycles. The Balaban J connectivity index is 1.26. The zero-order valence-corrected chi connectivity index (χ0v) is 21.2. The first kappa shape index (κ1) is 23.0. The lowest BCUT2D eigenvalue weighted by atomic mass is 9.95. The molecule has 0 aromatic heterocycles. The van der Waals surface area contributed by atoms with E-state index in [0.29, 0.717) is 12.1 Å². The molecule has 1 unspecified atom stereocenters. The van der Waals surface area contributed by atoms with Crippen LogP contribution in [-0.2, 0) is 11.2 Å². The standard InChI is InChI=1S/C29H37N3O2/c1-6-9-25-26-16-21-10-7-8-11-23(21)24(26)12-13-27(25)31-18-22(19-31)32-15-14-30(17-20(32)2)28(33)34-29(3,4)5/h6-13,20,22H,14-19H2,1-5H3. The molecule has 2 aliphatic heterocycles. The summed E-state index contributed by atoms with van der Waals surface area (Å²) < 4.78 is 5.59. The molecule has 0 spiro atoms. The Kier molecular flexibility index (Phi) is 5.93. The molecule has 1 aliphatic carbocycles. The Morgan fingerprint density at radius 3 is 2.50 bits per heavy atom. The highest BCUT2D eigenvalue weighted by Gasteiger charge is 2.39. The number of fused-ring (bicyclic) bond motifs is 3. The van der Waals surface area contributed by atoms with Crippen LogP contribution in [0.25, 0.3) is 17.2 Å². The Bertz CT molecular complexity index is 1110. The molecule has 5 heteroatoms. The highest BCUT2D eigenvalue weighted by molar-refractivity contribution is 5.85. The van der Waals surface area contributed by atoms with Gasteiger partial charge < -0.3 is 14.5 Å². The summed E-state index contributed by atoms with van der Waals surface area (Å²) >= 11 is 0. The highest BCUT2D eigenvalue weighted by Crippen LogP contribution is 2.43. The topological polar surface area (TPSA) is 36.0 Å². The van der Waals surface area contributed by atoms with Crippen molar-refractivity contribution in [3.63, 3.8) is 0 Å². The van der Waals surface area contributed by atoms with Crippen molar-refractivity contribution < 1.29 is 9.53 Å². The van der Waals surface area contributed by atoms with E-state index >= 15 is 0 Å². The fourth-order valence-electron chi connectivity index (χ4n) is 5.72. The molecule has 180 valence electrons. The third kappa shape index (κ3) is 4.22. The third-order valence-corrected chi connectivity index (χ3v) is 7.34. The van der Waals surface area contributed by atoms with Gasteiger partial charge in [0.25, 0.3) is 0 Å². The zero-order valence-electron chi connectivity index (χ0n) is 21.2. The number of amides is 1. The first-order valence-corrected chi connectivity index (χ1v) is 12.6. The first-order valence-electron chi connectivity index (χ1n) is 12.6. The smallest absolute Gasteiger partial charge is 0.410 e. The molecule has 5 rings (SSSR count). The Morgan fingerprint density at radius 1 is 1.03 bits per heavy atom. The van der Waals surface area contributed by atoms with Gasteiger partial charge in [-0.15, -0.1) is 0 Å². The molecular formula is C29H37N3O2. The molecule has 2 aromatic rings. The summed E-state index contributed by atoms with van der Waals surface area (Å²) in [6.45, 7) is 14.5. The van der Waals surface area contributed by atoms with E-state index in [1.165, 1.54) is 33.5 Å². The number of carbonyl (C=O) groups is 1. The first-order chi connectivity index (χ1) is 16.2. The maximum absolute atomic E-state index is 12.5. The van der Waals surface area contributed by atoms with E-state index in [9.17, 15) is 4.79 Å². The van der Waals surface area contributed by atoms with Gasteiger partial charge in [-0.1, -0.05) is 42.5 Å². The molecule has 3 aliphatic rings. The number of rotatable bonds is 3. The maximum atomic E-state index is 12.5. The van der Waals surface area contributed by atoms with Gasteiger partial charge in [-0.3, -0.25) is 4.90 Å². The van der Waals surface area contributed by atoms with Crippen molar-refractivity contribution in [1.82, 2.24) is 9.80 Å². The van der Waals surface area contributed by atoms with Gasteiger partial charge >= 0.3 is 6.09 Å². The third-order valence-electron chi connectivity index (χ3n) is 7.34. The molecule has 0 N–H and O–H groups in total. The summed E-state index contributed by atoms with van der Waals surface area (Å²) in [5, 5.41) is 0. The molecule has 1 amide bonds. The molecule has 2 aromatic carbocycles. The highest BCUT2D eigenvalue weighted by atomic mass is 16.6. The van der Waals surface area contributed by atoms with Crippen molar-refractivity contribution in [2.75, 3.05) is 37.6 Å². The van der Waals surface area contributed by atoms with Gasteiger partial charge in [-0.25, -0.2) is 4.79 Å². The number of hydrogen-bond acceptors (Lipinski definition) is 4. The minimum absolute atomic E-state index is 0.190. The summed E-state index contributed by atoms with van der Waals surface area (Å²) in [6, 6.07) is 14.3. The number of ether oxygens (including phenoxy) is 1. The van der Waals surface area contributed by atoms with Crippen LogP contribution in [0.3, 0.4) is 0 Å². The second-order valence-electron chi connectivity index (χ2n) is 10.9. The summed E-state index contributed by atoms with van der Waals surface area (Å²) in [5.41, 5.74) is 7.93. The molecule has 34 heavy (non-hydrogen) atoms. The average molecular weight is 460 g/mol. The van der Waals surface area contributed by atoms with Crippen molar-refractivity contribution in [3.05, 3.63) is 59.2 Å². The Morgan fingerprint density at radius 2 is 1.79 bits per heavy atom. The van der Waals surface area contributed by atoms with E-state index in [1.807, 2.05) is 25.7 Å². The van der Waals surface area contributed by atoms with Crippen LogP contribution < -0.4 is 4.90 Å². The van der Waals surface area contributed by atoms with Crippen LogP contribution in [0, 0.1) is 0 Å². The van der Waals surface area contributed by atoms with E-state index in [4.69, 9.17) is 4.74 Å². The van der Waals surface area contributed by atoms with Crippen LogP contribution in [0.2, 0.25) is 0 Å². The maximum Gasteiger partial charge on any atom is 0.410 e. The van der Waals surface area contributed by atoms with Crippen molar-refractivity contribution in [1.29, 1.82) is 0 Å². The van der Waals surface area contributed by atoms with Gasteiger partial charge in [-0.05, 0) is 69.4 Å². The Labute approximate surface area is 204 Å². The van der Waals surface area contributed by atoms with Gasteiger partial charge in [0, 0.05) is 56.1 Å². The summed E-state index contributed by atoms with van der Waals surface area (Å²) in [5.74, 6) is 0. The molecule has 2 heterocycles. The van der Waals surface area contributed by atoms with Crippen LogP contribution in [-0.4, -0.2) is 66.3 Å². The minimum Gasteiger partial charge on any atom is -0.444 e. The number of piperazine rings is 1. The average Bonchev–Trinajstić information content (AvgIpc) is 3.13. The molecular weight excluding hydrogens is 422 g/mol. The lowest BCUT2D eigenvalue weighted by molar-refractivity contribution is -0.00474. The summed E-state index contributed by atoms with van der Waals surface area (Å²) in [7, 11) is 0. The normalized spacial score (nSPS) is 20.9. The SMILES string of the molecule is CC=Cc1c(N2CC(N3CCN(C(=O)OC(C)(C)C)CC3C)C2)ccc2c1Cc1ccccc1-2. The summed E-state index contributed by atoms with van der Waals surface area (Å²) in [6.07, 6.45) is 5.27. The van der Waals surface area contributed by atoms with Crippen molar-refractivity contribution >= 4 is 17.9 Å². The number of anilines is 1. The molecule has 5 nitrogen and oxygen atoms in total. The molecule has 0 radical (unpaired) electrons. The van der Waals surface area contributed by atoms with E-state index in [0.717, 1.165) is 39.1 Å². The second-order valence-corrected chi connectivity index (χ2v) is 10.9. The largest absolute Gasteiger partial charge is 0.444 e. The van der Waals surface area contributed by atoms with E-state index in [1.54, 1.807) is 0 Å². The number of allylic oxidation sites excluding steroid dienone is 1.